The molecule has 0 aromatic rings. The molecule has 0 radical (unpaired) electrons. The van der Waals surface area contributed by atoms with Crippen LogP contribution in [0.1, 0.15) is 6.92 Å². The summed E-state index contributed by atoms with van der Waals surface area (Å²) < 4.78 is 34.2. The van der Waals surface area contributed by atoms with E-state index in [2.05, 4.69) is 13.1 Å². The molecule has 0 N–H and O–H groups in total. The lowest BCUT2D eigenvalue weighted by Crippen LogP contribution is -2.11. The second-order valence-electron chi connectivity index (χ2n) is 1.67. The normalized spacial score (nSPS) is 24.7. The third-order valence-electron chi connectivity index (χ3n) is 0.790. The third-order valence-corrected chi connectivity index (χ3v) is 1.76. The van der Waals surface area contributed by atoms with Crippen LogP contribution in [0.5, 0.6) is 0 Å². The molecule has 0 saturated carbocycles. The van der Waals surface area contributed by atoms with Gasteiger partial charge in [0, 0.05) is 0 Å². The molecule has 1 atom stereocenters. The first-order valence-electron chi connectivity index (χ1n) is 2.83. The van der Waals surface area contributed by atoms with Gasteiger partial charge in [-0.1, -0.05) is 0 Å². The topological polar surface area (TPSA) is 65.1 Å². The smallest absolute Gasteiger partial charge is 0.344 e. The Balaban J connectivity index is 2.34. The van der Waals surface area contributed by atoms with Crippen molar-refractivity contribution in [1.82, 2.24) is 0 Å². The highest BCUT2D eigenvalue weighted by Gasteiger charge is 2.30. The summed E-state index contributed by atoms with van der Waals surface area (Å²) >= 11 is 0. The predicted octanol–water partition coefficient (Wildman–Crippen LogP) is -0.359. The molecule has 1 aliphatic heterocycles. The van der Waals surface area contributed by atoms with Gasteiger partial charge in [-0.3, -0.25) is 0 Å². The fraction of sp³-hybridized carbons (Fsp3) is 1.00. The quantitative estimate of drug-likeness (QED) is 0.536. The minimum atomic E-state index is -3.79. The highest BCUT2D eigenvalue weighted by molar-refractivity contribution is 7.81. The van der Waals surface area contributed by atoms with Crippen molar-refractivity contribution in [2.45, 2.75) is 13.2 Å². The van der Waals surface area contributed by atoms with Crippen molar-refractivity contribution in [3.8, 4) is 0 Å². The summed E-state index contributed by atoms with van der Waals surface area (Å²) in [6.45, 7) is 1.97. The Kier molecular flexibility index (Phi) is 2.24. The van der Waals surface area contributed by atoms with E-state index in [1.54, 1.807) is 6.92 Å². The SMILES string of the molecule is CCOS(=O)(=O)OC1CO1. The molecule has 0 amide bonds. The minimum absolute atomic E-state index is 0.0784. The number of rotatable bonds is 4. The van der Waals surface area contributed by atoms with Gasteiger partial charge in [-0.15, -0.1) is 0 Å². The summed E-state index contributed by atoms with van der Waals surface area (Å²) in [6.07, 6.45) is -0.614. The first-order chi connectivity index (χ1) is 4.64. The van der Waals surface area contributed by atoms with Crippen LogP contribution in [-0.4, -0.2) is 27.9 Å². The van der Waals surface area contributed by atoms with Gasteiger partial charge >= 0.3 is 10.4 Å². The molecule has 1 saturated heterocycles. The monoisotopic (exact) mass is 168 g/mol. The van der Waals surface area contributed by atoms with Crippen LogP contribution in [0.15, 0.2) is 0 Å². The van der Waals surface area contributed by atoms with Gasteiger partial charge in [-0.25, -0.2) is 8.37 Å². The Bertz CT molecular complexity index is 192. The molecule has 1 fully saturated rings. The fourth-order valence-corrected chi connectivity index (χ4v) is 1.12. The molecule has 1 unspecified atom stereocenters. The van der Waals surface area contributed by atoms with E-state index in [9.17, 15) is 8.42 Å². The van der Waals surface area contributed by atoms with Crippen LogP contribution in [0, 0.1) is 0 Å². The van der Waals surface area contributed by atoms with Crippen molar-refractivity contribution in [2.24, 2.45) is 0 Å². The Labute approximate surface area is 59.2 Å². The van der Waals surface area contributed by atoms with Crippen molar-refractivity contribution < 1.29 is 21.5 Å². The highest BCUT2D eigenvalue weighted by Crippen LogP contribution is 2.14. The van der Waals surface area contributed by atoms with E-state index < -0.39 is 16.7 Å². The van der Waals surface area contributed by atoms with Crippen molar-refractivity contribution in [1.29, 1.82) is 0 Å². The maximum absolute atomic E-state index is 10.6. The third kappa shape index (κ3) is 2.61. The van der Waals surface area contributed by atoms with Gasteiger partial charge in [0.2, 0.25) is 6.29 Å². The first-order valence-corrected chi connectivity index (χ1v) is 4.16. The lowest BCUT2D eigenvalue weighted by Gasteiger charge is -1.98. The van der Waals surface area contributed by atoms with Crippen LogP contribution in [0.4, 0.5) is 0 Å². The lowest BCUT2D eigenvalue weighted by molar-refractivity contribution is 0.147. The van der Waals surface area contributed by atoms with E-state index in [1.165, 1.54) is 0 Å². The molecular formula is C4H8O5S. The Morgan fingerprint density at radius 3 is 2.70 bits per heavy atom. The molecule has 0 spiro atoms. The van der Waals surface area contributed by atoms with Gasteiger partial charge in [-0.05, 0) is 6.92 Å². The van der Waals surface area contributed by atoms with Crippen LogP contribution < -0.4 is 0 Å². The minimum Gasteiger partial charge on any atom is -0.344 e. The average Bonchev–Trinajstić information content (AvgIpc) is 2.48. The molecule has 1 heterocycles. The number of ether oxygens (including phenoxy) is 1. The zero-order chi connectivity index (χ0) is 7.61. The van der Waals surface area contributed by atoms with Crippen molar-refractivity contribution in [3.05, 3.63) is 0 Å². The zero-order valence-corrected chi connectivity index (χ0v) is 6.26. The van der Waals surface area contributed by atoms with E-state index in [0.29, 0.717) is 6.61 Å². The molecule has 6 heteroatoms. The van der Waals surface area contributed by atoms with Gasteiger partial charge < -0.3 is 4.74 Å². The van der Waals surface area contributed by atoms with Crippen molar-refractivity contribution in [2.75, 3.05) is 13.2 Å². The van der Waals surface area contributed by atoms with E-state index in [4.69, 9.17) is 0 Å². The van der Waals surface area contributed by atoms with E-state index in [-0.39, 0.29) is 6.61 Å². The van der Waals surface area contributed by atoms with Crippen LogP contribution in [0.3, 0.4) is 0 Å². The van der Waals surface area contributed by atoms with Gasteiger partial charge in [0.25, 0.3) is 0 Å². The van der Waals surface area contributed by atoms with Crippen LogP contribution in [0.25, 0.3) is 0 Å². The van der Waals surface area contributed by atoms with Crippen LogP contribution in [-0.2, 0) is 23.5 Å². The maximum Gasteiger partial charge on any atom is 0.402 e. The van der Waals surface area contributed by atoms with E-state index in [0.717, 1.165) is 0 Å². The van der Waals surface area contributed by atoms with Gasteiger partial charge in [0.15, 0.2) is 0 Å². The Morgan fingerprint density at radius 1 is 1.70 bits per heavy atom. The van der Waals surface area contributed by atoms with E-state index in [1.807, 2.05) is 0 Å². The molecule has 0 bridgehead atoms. The standard InChI is InChI=1S/C4H8O5S/c1-2-8-10(5,6)9-4-3-7-4/h4H,2-3H2,1H3. The van der Waals surface area contributed by atoms with Crippen molar-refractivity contribution >= 4 is 10.4 Å². The lowest BCUT2D eigenvalue weighted by atomic mass is 10.9. The highest BCUT2D eigenvalue weighted by atomic mass is 32.3. The molecular weight excluding hydrogens is 160 g/mol. The van der Waals surface area contributed by atoms with E-state index >= 15 is 0 Å². The van der Waals surface area contributed by atoms with Crippen LogP contribution in [0.2, 0.25) is 0 Å². The molecule has 60 valence electrons. The molecule has 10 heavy (non-hydrogen) atoms. The molecule has 1 aliphatic rings. The second kappa shape index (κ2) is 2.83. The van der Waals surface area contributed by atoms with Gasteiger partial charge in [0.05, 0.1) is 6.61 Å². The molecule has 0 aliphatic carbocycles. The van der Waals surface area contributed by atoms with Gasteiger partial charge in [0.1, 0.15) is 6.61 Å². The summed E-state index contributed by atoms with van der Waals surface area (Å²) in [4.78, 5) is 0. The Morgan fingerprint density at radius 2 is 2.30 bits per heavy atom. The summed E-state index contributed by atoms with van der Waals surface area (Å²) in [5.41, 5.74) is 0. The molecule has 0 aromatic heterocycles. The average molecular weight is 168 g/mol. The number of epoxide rings is 1. The molecule has 5 nitrogen and oxygen atoms in total. The summed E-state index contributed by atoms with van der Waals surface area (Å²) in [6, 6.07) is 0. The largest absolute Gasteiger partial charge is 0.402 e. The zero-order valence-electron chi connectivity index (χ0n) is 5.44. The molecule has 1 rings (SSSR count). The maximum atomic E-state index is 10.6. The summed E-state index contributed by atoms with van der Waals surface area (Å²) in [5.74, 6) is 0. The Hall–Kier alpha value is -0.170. The van der Waals surface area contributed by atoms with Gasteiger partial charge in [-0.2, -0.15) is 8.42 Å². The van der Waals surface area contributed by atoms with Crippen LogP contribution >= 0.6 is 0 Å². The van der Waals surface area contributed by atoms with Crippen molar-refractivity contribution in [3.63, 3.8) is 0 Å². The second-order valence-corrected chi connectivity index (χ2v) is 2.92. The predicted molar refractivity (Wildman–Crippen MR) is 31.4 cm³/mol. The number of hydrogen-bond acceptors (Lipinski definition) is 5. The fourth-order valence-electron chi connectivity index (χ4n) is 0.398. The summed E-state index contributed by atoms with van der Waals surface area (Å²) in [5, 5.41) is 0. The molecule has 0 aromatic carbocycles. The summed E-state index contributed by atoms with van der Waals surface area (Å²) in [7, 11) is -3.79. The number of hydrogen-bond donors (Lipinski definition) is 0. The first kappa shape index (κ1) is 7.93.